The predicted molar refractivity (Wildman–Crippen MR) is 119 cm³/mol. The van der Waals surface area contributed by atoms with Crippen molar-refractivity contribution < 1.29 is 19.1 Å². The van der Waals surface area contributed by atoms with Crippen LogP contribution in [0.5, 0.6) is 5.75 Å². The molecule has 1 aliphatic heterocycles. The number of rotatable bonds is 5. The monoisotopic (exact) mass is 427 g/mol. The van der Waals surface area contributed by atoms with E-state index in [1.807, 2.05) is 12.1 Å². The molecule has 6 atom stereocenters. The normalized spacial score (nSPS) is 31.5. The number of imide groups is 1. The van der Waals surface area contributed by atoms with E-state index < -0.39 is 5.97 Å². The molecule has 2 aromatic carbocycles. The van der Waals surface area contributed by atoms with Gasteiger partial charge < -0.3 is 4.74 Å². The smallest absolute Gasteiger partial charge is 0.343 e. The Hall–Kier alpha value is -3.21. The molecular weight excluding hydrogens is 402 g/mol. The third kappa shape index (κ3) is 2.87. The standard InChI is InChI=1S/C27H25NO4/c1-2-3-15-4-10-18(11-5-15)32-27(31)16-6-8-17(9-7-16)28-25(29)23-19-12-13-20(22-14-21(19)22)24(23)26(28)30/h4-13,19-24H,2-3,14H2,1H3/t19-,20-,21-,22-,23-,24+/m0/s1. The average molecular weight is 428 g/mol. The van der Waals surface area contributed by atoms with Gasteiger partial charge in [0, 0.05) is 0 Å². The third-order valence-electron chi connectivity index (χ3n) is 7.70. The van der Waals surface area contributed by atoms with Crippen molar-refractivity contribution >= 4 is 23.5 Å². The largest absolute Gasteiger partial charge is 0.423 e. The first-order valence-electron chi connectivity index (χ1n) is 11.5. The highest BCUT2D eigenvalue weighted by atomic mass is 16.5. The van der Waals surface area contributed by atoms with Gasteiger partial charge in [-0.1, -0.05) is 37.6 Å². The van der Waals surface area contributed by atoms with E-state index in [0.29, 0.717) is 28.8 Å². The maximum atomic E-state index is 13.2. The molecule has 5 heteroatoms. The summed E-state index contributed by atoms with van der Waals surface area (Å²) in [6.45, 7) is 2.12. The Morgan fingerprint density at radius 2 is 1.50 bits per heavy atom. The van der Waals surface area contributed by atoms with Crippen molar-refractivity contribution in [2.24, 2.45) is 35.5 Å². The van der Waals surface area contributed by atoms with Crippen LogP contribution in [0.25, 0.3) is 0 Å². The summed E-state index contributed by atoms with van der Waals surface area (Å²) in [7, 11) is 0. The second-order valence-corrected chi connectivity index (χ2v) is 9.50. The van der Waals surface area contributed by atoms with Gasteiger partial charge >= 0.3 is 5.97 Å². The first kappa shape index (κ1) is 19.5. The Balaban J connectivity index is 1.18. The molecule has 2 amide bonds. The Morgan fingerprint density at radius 3 is 2.06 bits per heavy atom. The molecular formula is C27H25NO4. The number of benzene rings is 2. The quantitative estimate of drug-likeness (QED) is 0.307. The molecule has 5 nitrogen and oxygen atoms in total. The number of carbonyl (C=O) groups excluding carboxylic acids is 3. The van der Waals surface area contributed by atoms with Gasteiger partial charge in [-0.2, -0.15) is 0 Å². The van der Waals surface area contributed by atoms with Gasteiger partial charge in [0.2, 0.25) is 11.8 Å². The fraction of sp³-hybridized carbons (Fsp3) is 0.370. The van der Waals surface area contributed by atoms with Crippen molar-refractivity contribution in [3.63, 3.8) is 0 Å². The molecule has 32 heavy (non-hydrogen) atoms. The lowest BCUT2D eigenvalue weighted by atomic mass is 9.63. The Morgan fingerprint density at radius 1 is 0.906 bits per heavy atom. The Bertz CT molecular complexity index is 1100. The molecule has 7 rings (SSSR count). The summed E-state index contributed by atoms with van der Waals surface area (Å²) in [6.07, 6.45) is 7.54. The van der Waals surface area contributed by atoms with Crippen LogP contribution in [-0.2, 0) is 16.0 Å². The molecule has 0 spiro atoms. The first-order chi connectivity index (χ1) is 15.6. The summed E-state index contributed by atoms with van der Waals surface area (Å²) in [5.41, 5.74) is 2.12. The SMILES string of the molecule is CCCc1ccc(OC(=O)c2ccc(N3C(=O)[C@@H]4[C@H]5C=C[C@@H]([C@@H]6C[C@@H]56)[C@@H]4C3=O)cc2)cc1. The van der Waals surface area contributed by atoms with E-state index in [4.69, 9.17) is 4.74 Å². The van der Waals surface area contributed by atoms with Crippen molar-refractivity contribution in [3.05, 3.63) is 71.8 Å². The molecule has 1 saturated heterocycles. The lowest BCUT2D eigenvalue weighted by molar-refractivity contribution is -0.124. The van der Waals surface area contributed by atoms with Crippen molar-refractivity contribution in [2.45, 2.75) is 26.2 Å². The Labute approximate surface area is 187 Å². The zero-order valence-electron chi connectivity index (χ0n) is 17.9. The number of ether oxygens (including phenoxy) is 1. The van der Waals surface area contributed by atoms with E-state index in [1.54, 1.807) is 36.4 Å². The van der Waals surface area contributed by atoms with Gasteiger partial charge in [0.25, 0.3) is 0 Å². The van der Waals surface area contributed by atoms with Crippen LogP contribution in [0.2, 0.25) is 0 Å². The molecule has 5 aliphatic rings. The maximum absolute atomic E-state index is 13.2. The third-order valence-corrected chi connectivity index (χ3v) is 7.70. The molecule has 4 aliphatic carbocycles. The molecule has 1 heterocycles. The zero-order valence-corrected chi connectivity index (χ0v) is 17.9. The molecule has 0 N–H and O–H groups in total. The number of hydrogen-bond donors (Lipinski definition) is 0. The van der Waals surface area contributed by atoms with Crippen LogP contribution >= 0.6 is 0 Å². The topological polar surface area (TPSA) is 63.7 Å². The van der Waals surface area contributed by atoms with Crippen LogP contribution in [-0.4, -0.2) is 17.8 Å². The van der Waals surface area contributed by atoms with Crippen LogP contribution in [0.4, 0.5) is 5.69 Å². The molecule has 2 bridgehead atoms. The highest BCUT2D eigenvalue weighted by Gasteiger charge is 2.67. The van der Waals surface area contributed by atoms with Crippen LogP contribution in [0.1, 0.15) is 35.7 Å². The van der Waals surface area contributed by atoms with E-state index in [-0.39, 0.29) is 35.5 Å². The van der Waals surface area contributed by atoms with E-state index in [2.05, 4.69) is 19.1 Å². The average Bonchev–Trinajstić information content (AvgIpc) is 3.59. The zero-order chi connectivity index (χ0) is 22.0. The minimum absolute atomic E-state index is 0.0906. The minimum Gasteiger partial charge on any atom is -0.423 e. The summed E-state index contributed by atoms with van der Waals surface area (Å²) < 4.78 is 5.48. The van der Waals surface area contributed by atoms with Gasteiger partial charge in [0.15, 0.2) is 0 Å². The van der Waals surface area contributed by atoms with Gasteiger partial charge in [-0.05, 0) is 78.5 Å². The summed E-state index contributed by atoms with van der Waals surface area (Å²) in [6, 6.07) is 14.1. The lowest BCUT2D eigenvalue weighted by Gasteiger charge is -2.37. The summed E-state index contributed by atoms with van der Waals surface area (Å²) >= 11 is 0. The Kier molecular flexibility index (Phi) is 4.36. The molecule has 2 aromatic rings. The second kappa shape index (κ2) is 7.16. The number of aryl methyl sites for hydroxylation is 1. The van der Waals surface area contributed by atoms with Crippen LogP contribution in [0.3, 0.4) is 0 Å². The number of anilines is 1. The first-order valence-corrected chi connectivity index (χ1v) is 11.5. The number of hydrogen-bond acceptors (Lipinski definition) is 4. The van der Waals surface area contributed by atoms with E-state index in [9.17, 15) is 14.4 Å². The van der Waals surface area contributed by atoms with Crippen LogP contribution in [0.15, 0.2) is 60.7 Å². The number of carbonyl (C=O) groups is 3. The van der Waals surface area contributed by atoms with Crippen LogP contribution < -0.4 is 9.64 Å². The number of esters is 1. The maximum Gasteiger partial charge on any atom is 0.343 e. The molecule has 0 aromatic heterocycles. The number of nitrogens with zero attached hydrogens (tertiary/aromatic N) is 1. The van der Waals surface area contributed by atoms with Crippen molar-refractivity contribution in [1.29, 1.82) is 0 Å². The van der Waals surface area contributed by atoms with E-state index >= 15 is 0 Å². The van der Waals surface area contributed by atoms with Crippen LogP contribution in [0, 0.1) is 35.5 Å². The molecule has 3 fully saturated rings. The van der Waals surface area contributed by atoms with Gasteiger partial charge in [-0.25, -0.2) is 4.79 Å². The van der Waals surface area contributed by atoms with Crippen molar-refractivity contribution in [1.82, 2.24) is 0 Å². The van der Waals surface area contributed by atoms with E-state index in [1.165, 1.54) is 10.5 Å². The second-order valence-electron chi connectivity index (χ2n) is 9.50. The highest BCUT2D eigenvalue weighted by molar-refractivity contribution is 6.22. The fourth-order valence-corrected chi connectivity index (χ4v) is 6.14. The van der Waals surface area contributed by atoms with Gasteiger partial charge in [-0.3, -0.25) is 14.5 Å². The summed E-state index contributed by atoms with van der Waals surface area (Å²) in [5, 5.41) is 0. The van der Waals surface area contributed by atoms with Crippen molar-refractivity contribution in [3.8, 4) is 5.75 Å². The number of amides is 2. The molecule has 0 radical (unpaired) electrons. The van der Waals surface area contributed by atoms with Crippen molar-refractivity contribution in [2.75, 3.05) is 4.90 Å². The fourth-order valence-electron chi connectivity index (χ4n) is 6.14. The molecule has 2 saturated carbocycles. The lowest BCUT2D eigenvalue weighted by Crippen LogP contribution is -2.40. The van der Waals surface area contributed by atoms with Gasteiger partial charge in [0.05, 0.1) is 23.1 Å². The molecule has 0 unspecified atom stereocenters. The summed E-state index contributed by atoms with van der Waals surface area (Å²) in [4.78, 5) is 40.3. The van der Waals surface area contributed by atoms with Gasteiger partial charge in [0.1, 0.15) is 5.75 Å². The number of allylic oxidation sites excluding steroid dienone is 2. The summed E-state index contributed by atoms with van der Waals surface area (Å²) in [5.74, 6) is 0.975. The van der Waals surface area contributed by atoms with E-state index in [0.717, 1.165) is 19.3 Å². The minimum atomic E-state index is -0.463. The predicted octanol–water partition coefficient (Wildman–Crippen LogP) is 4.42. The highest BCUT2D eigenvalue weighted by Crippen LogP contribution is 2.65. The van der Waals surface area contributed by atoms with Gasteiger partial charge in [-0.15, -0.1) is 0 Å². The molecule has 162 valence electrons.